The Morgan fingerprint density at radius 2 is 0.925 bits per heavy atom. The molecule has 0 aliphatic carbocycles. The fourth-order valence-electron chi connectivity index (χ4n) is 4.30. The van der Waals surface area contributed by atoms with Crippen molar-refractivity contribution < 1.29 is 62.7 Å². The number of ether oxygens (including phenoxy) is 1. The topological polar surface area (TPSA) is 167 Å². The molecule has 0 radical (unpaired) electrons. The third-order valence-corrected chi connectivity index (χ3v) is 6.70. The summed E-state index contributed by atoms with van der Waals surface area (Å²) in [6.45, 7) is 1.75. The standard InChI is InChI=1S/C24H46O3.2C3H9NO2.BrH/c25-24(26)21-19-17-15-13-11-9-7-5-3-1-2-4-6-8-10-12-14-16-18-20-23-22-27-23;2*1-4-2-3(5)6;/h23H,1-22H2,(H,25,26);2*3-6H,2H2,1H3;1H. The van der Waals surface area contributed by atoms with Gasteiger partial charge in [-0.15, -0.1) is 0 Å². The molecular formula is C30H65BrN2O7. The van der Waals surface area contributed by atoms with Crippen LogP contribution in [0.2, 0.25) is 0 Å². The van der Waals surface area contributed by atoms with Gasteiger partial charge in [0.1, 0.15) is 13.1 Å². The average Bonchev–Trinajstić information content (AvgIpc) is 3.70. The van der Waals surface area contributed by atoms with Gasteiger partial charge in [-0.25, -0.2) is 0 Å². The van der Waals surface area contributed by atoms with Crippen LogP contribution in [0.1, 0.15) is 135 Å². The summed E-state index contributed by atoms with van der Waals surface area (Å²) >= 11 is 0. The summed E-state index contributed by atoms with van der Waals surface area (Å²) in [7, 11) is 3.55. The molecule has 10 heteroatoms. The lowest BCUT2D eigenvalue weighted by molar-refractivity contribution is -0.640. The summed E-state index contributed by atoms with van der Waals surface area (Å²) in [4.78, 5) is 10.3. The Kier molecular flexibility index (Phi) is 40.5. The molecule has 1 aliphatic rings. The van der Waals surface area contributed by atoms with Crippen molar-refractivity contribution in [3.05, 3.63) is 0 Å². The predicted molar refractivity (Wildman–Crippen MR) is 154 cm³/mol. The summed E-state index contributed by atoms with van der Waals surface area (Å²) in [5, 5.41) is 46.0. The Bertz CT molecular complexity index is 475. The minimum Gasteiger partial charge on any atom is -1.00 e. The number of aliphatic carboxylic acids is 1. The number of aliphatic hydroxyl groups is 4. The number of carbonyl (C=O) groups is 1. The van der Waals surface area contributed by atoms with Gasteiger partial charge in [-0.1, -0.05) is 116 Å². The lowest BCUT2D eigenvalue weighted by Crippen LogP contribution is -3.00. The van der Waals surface area contributed by atoms with Gasteiger partial charge in [-0.3, -0.25) is 0 Å². The van der Waals surface area contributed by atoms with Crippen LogP contribution >= 0.6 is 0 Å². The molecule has 0 spiro atoms. The van der Waals surface area contributed by atoms with Gasteiger partial charge >= 0.3 is 0 Å². The quantitative estimate of drug-likeness (QED) is 0.0371. The van der Waals surface area contributed by atoms with E-state index < -0.39 is 18.5 Å². The average molecular weight is 646 g/mol. The maximum atomic E-state index is 10.3. The molecule has 40 heavy (non-hydrogen) atoms. The number of rotatable bonds is 26. The second-order valence-corrected chi connectivity index (χ2v) is 10.8. The highest BCUT2D eigenvalue weighted by atomic mass is 79.9. The molecule has 0 aromatic rings. The minimum atomic E-state index is -1.16. The van der Waals surface area contributed by atoms with E-state index in [1.54, 1.807) is 24.7 Å². The molecule has 1 unspecified atom stereocenters. The van der Waals surface area contributed by atoms with Gasteiger partial charge in [-0.05, 0) is 19.3 Å². The molecule has 0 aromatic heterocycles. The first-order chi connectivity index (χ1) is 18.8. The number of likely N-dealkylation sites (N-methyl/N-ethyl adjacent to an activating group) is 2. The number of halogens is 1. The van der Waals surface area contributed by atoms with Gasteiger partial charge < -0.3 is 62.7 Å². The molecule has 0 amide bonds. The van der Waals surface area contributed by atoms with Gasteiger partial charge in [-0.2, -0.15) is 0 Å². The second-order valence-electron chi connectivity index (χ2n) is 10.8. The number of quaternary nitrogens is 2. The van der Waals surface area contributed by atoms with Crippen molar-refractivity contribution in [3.63, 3.8) is 0 Å². The van der Waals surface area contributed by atoms with Crippen molar-refractivity contribution in [3.8, 4) is 0 Å². The van der Waals surface area contributed by atoms with Crippen LogP contribution in [0.5, 0.6) is 0 Å². The lowest BCUT2D eigenvalue weighted by atomic mass is 10.0. The molecule has 244 valence electrons. The number of epoxide rings is 1. The zero-order chi connectivity index (χ0) is 29.4. The smallest absolute Gasteiger partial charge is 0.202 e. The highest BCUT2D eigenvalue weighted by Crippen LogP contribution is 2.18. The van der Waals surface area contributed by atoms with Gasteiger partial charge in [0.15, 0.2) is 0 Å². The third-order valence-electron chi connectivity index (χ3n) is 6.70. The first-order valence-electron chi connectivity index (χ1n) is 15.9. The van der Waals surface area contributed by atoms with Crippen LogP contribution in [-0.4, -0.2) is 78.9 Å². The SMILES string of the molecule is C[NH2+]CC(O)O.C[NH2+]CC(O)O.O=C([O-])CCCCCCCCCCCCCCCCCCCCCC1CO1.[Br-]. The van der Waals surface area contributed by atoms with Crippen molar-refractivity contribution in [2.45, 2.75) is 154 Å². The predicted octanol–water partition coefficient (Wildman–Crippen LogP) is -1.69. The molecule has 1 saturated heterocycles. The fourth-order valence-corrected chi connectivity index (χ4v) is 4.30. The van der Waals surface area contributed by atoms with Crippen LogP contribution in [0.4, 0.5) is 0 Å². The summed E-state index contributed by atoms with van der Waals surface area (Å²) < 4.78 is 5.24. The Hall–Kier alpha value is -0.330. The normalized spacial score (nSPS) is 13.8. The number of carboxylic acids is 1. The summed E-state index contributed by atoms with van der Waals surface area (Å²) in [6.07, 6.45) is 25.2. The molecule has 1 aliphatic heterocycles. The Balaban J connectivity index is -0.000000877. The number of aliphatic hydroxyl groups excluding tert-OH is 2. The van der Waals surface area contributed by atoms with Gasteiger partial charge in [0, 0.05) is 5.97 Å². The maximum absolute atomic E-state index is 10.3. The van der Waals surface area contributed by atoms with E-state index in [-0.39, 0.29) is 23.4 Å². The molecular weight excluding hydrogens is 580 g/mol. The molecule has 0 saturated carbocycles. The summed E-state index contributed by atoms with van der Waals surface area (Å²) in [5.41, 5.74) is 0. The number of hydrogen-bond acceptors (Lipinski definition) is 7. The molecule has 1 rings (SSSR count). The second kappa shape index (κ2) is 36.7. The van der Waals surface area contributed by atoms with E-state index in [9.17, 15) is 9.90 Å². The van der Waals surface area contributed by atoms with E-state index in [0.29, 0.717) is 19.2 Å². The third kappa shape index (κ3) is 47.5. The summed E-state index contributed by atoms with van der Waals surface area (Å²) in [5.74, 6) is -0.902. The zero-order valence-electron chi connectivity index (χ0n) is 25.7. The van der Waals surface area contributed by atoms with Crippen molar-refractivity contribution in [1.82, 2.24) is 0 Å². The Labute approximate surface area is 255 Å². The Morgan fingerprint density at radius 1 is 0.650 bits per heavy atom. The van der Waals surface area contributed by atoms with Crippen molar-refractivity contribution in [2.24, 2.45) is 0 Å². The van der Waals surface area contributed by atoms with Crippen LogP contribution in [0, 0.1) is 0 Å². The highest BCUT2D eigenvalue weighted by molar-refractivity contribution is 5.64. The van der Waals surface area contributed by atoms with Crippen LogP contribution < -0.4 is 32.7 Å². The largest absolute Gasteiger partial charge is 1.00 e. The highest BCUT2D eigenvalue weighted by Gasteiger charge is 2.20. The first kappa shape index (κ1) is 44.1. The van der Waals surface area contributed by atoms with Crippen LogP contribution in [0.25, 0.3) is 0 Å². The van der Waals surface area contributed by atoms with E-state index >= 15 is 0 Å². The zero-order valence-corrected chi connectivity index (χ0v) is 27.3. The molecule has 1 fully saturated rings. The van der Waals surface area contributed by atoms with E-state index in [0.717, 1.165) is 19.4 Å². The maximum Gasteiger partial charge on any atom is 0.202 e. The minimum absolute atomic E-state index is 0. The fraction of sp³-hybridized carbons (Fsp3) is 0.967. The number of unbranched alkanes of at least 4 members (excludes halogenated alkanes) is 18. The van der Waals surface area contributed by atoms with Crippen LogP contribution in [0.15, 0.2) is 0 Å². The first-order valence-corrected chi connectivity index (χ1v) is 15.9. The molecule has 0 bridgehead atoms. The van der Waals surface area contributed by atoms with Crippen molar-refractivity contribution >= 4 is 5.97 Å². The molecule has 9 nitrogen and oxygen atoms in total. The molecule has 1 atom stereocenters. The lowest BCUT2D eigenvalue weighted by Gasteiger charge is -2.04. The number of carbonyl (C=O) groups excluding carboxylic acids is 1. The summed E-state index contributed by atoms with van der Waals surface area (Å²) in [6, 6.07) is 0. The van der Waals surface area contributed by atoms with E-state index in [1.165, 1.54) is 116 Å². The van der Waals surface area contributed by atoms with Gasteiger partial charge in [0.2, 0.25) is 12.6 Å². The molecule has 8 N–H and O–H groups in total. The van der Waals surface area contributed by atoms with Crippen molar-refractivity contribution in [1.29, 1.82) is 0 Å². The number of hydrogen-bond donors (Lipinski definition) is 6. The van der Waals surface area contributed by atoms with Gasteiger partial charge in [0.05, 0.1) is 26.8 Å². The molecule has 1 heterocycles. The van der Waals surface area contributed by atoms with Crippen LogP contribution in [-0.2, 0) is 9.53 Å². The molecule has 0 aromatic carbocycles. The van der Waals surface area contributed by atoms with Gasteiger partial charge in [0.25, 0.3) is 0 Å². The monoisotopic (exact) mass is 644 g/mol. The van der Waals surface area contributed by atoms with E-state index in [2.05, 4.69) is 0 Å². The van der Waals surface area contributed by atoms with E-state index in [1.807, 2.05) is 0 Å². The van der Waals surface area contributed by atoms with Crippen LogP contribution in [0.3, 0.4) is 0 Å². The van der Waals surface area contributed by atoms with E-state index in [4.69, 9.17) is 25.2 Å². The number of nitrogens with two attached hydrogens (primary N) is 2. The van der Waals surface area contributed by atoms with Crippen molar-refractivity contribution in [2.75, 3.05) is 33.8 Å². The number of carboxylic acid groups (broad SMARTS) is 1. The Morgan fingerprint density at radius 3 is 1.12 bits per heavy atom.